The molecule has 2 atom stereocenters. The van der Waals surface area contributed by atoms with Crippen LogP contribution in [0.5, 0.6) is 0 Å². The zero-order valence-electron chi connectivity index (χ0n) is 19.4. The van der Waals surface area contributed by atoms with E-state index in [-0.39, 0.29) is 29.1 Å². The summed E-state index contributed by atoms with van der Waals surface area (Å²) in [7, 11) is 0. The Kier molecular flexibility index (Phi) is 8.31. The van der Waals surface area contributed by atoms with Crippen LogP contribution in [0.15, 0.2) is 24.3 Å². The molecule has 2 rings (SSSR count). The van der Waals surface area contributed by atoms with Gasteiger partial charge < -0.3 is 14.4 Å². The summed E-state index contributed by atoms with van der Waals surface area (Å²) in [6.07, 6.45) is 0.789. The van der Waals surface area contributed by atoms with Crippen molar-refractivity contribution in [1.82, 2.24) is 4.90 Å². The molecule has 31 heavy (non-hydrogen) atoms. The van der Waals surface area contributed by atoms with Crippen molar-refractivity contribution in [3.63, 3.8) is 0 Å². The van der Waals surface area contributed by atoms with Gasteiger partial charge in [-0.3, -0.25) is 9.59 Å². The highest BCUT2D eigenvalue weighted by Crippen LogP contribution is 2.31. The average Bonchev–Trinajstić information content (AvgIpc) is 3.13. The number of carbonyl (C=O) groups is 3. The van der Waals surface area contributed by atoms with E-state index in [1.54, 1.807) is 11.0 Å². The molecule has 6 nitrogen and oxygen atoms in total. The maximum absolute atomic E-state index is 13.1. The summed E-state index contributed by atoms with van der Waals surface area (Å²) in [4.78, 5) is 39.3. The first-order chi connectivity index (χ1) is 14.3. The van der Waals surface area contributed by atoms with E-state index in [4.69, 9.17) is 9.47 Å². The van der Waals surface area contributed by atoms with Crippen molar-refractivity contribution in [2.45, 2.75) is 65.6 Å². The van der Waals surface area contributed by atoms with Crippen LogP contribution in [0.4, 0.5) is 4.79 Å². The second-order valence-electron chi connectivity index (χ2n) is 10.1. The SMILES string of the molecule is CC(C)(C)OC(=O)[C@@H](Cc1cccc(C(=O)CBr)c1)[C@H]1CCN(C(=O)OC(C)(C)C)C1. The third-order valence-electron chi connectivity index (χ3n) is 4.98. The Bertz CT molecular complexity index is 809. The molecule has 0 bridgehead atoms. The van der Waals surface area contributed by atoms with Crippen LogP contribution in [0.3, 0.4) is 0 Å². The van der Waals surface area contributed by atoms with Gasteiger partial charge in [0.2, 0.25) is 0 Å². The molecule has 0 saturated carbocycles. The predicted molar refractivity (Wildman–Crippen MR) is 124 cm³/mol. The molecule has 1 fully saturated rings. The van der Waals surface area contributed by atoms with Crippen molar-refractivity contribution in [3.05, 3.63) is 35.4 Å². The minimum absolute atomic E-state index is 0.00682. The molecule has 0 radical (unpaired) electrons. The number of ketones is 1. The number of hydrogen-bond donors (Lipinski definition) is 0. The summed E-state index contributed by atoms with van der Waals surface area (Å²) in [5.41, 5.74) is 0.340. The number of rotatable bonds is 6. The number of esters is 1. The molecule has 1 aromatic rings. The van der Waals surface area contributed by atoms with Gasteiger partial charge in [0.15, 0.2) is 5.78 Å². The molecule has 0 unspecified atom stereocenters. The number of carbonyl (C=O) groups excluding carboxylic acids is 3. The Morgan fingerprint density at radius 1 is 1.10 bits per heavy atom. The molecule has 1 heterocycles. The number of alkyl halides is 1. The fourth-order valence-electron chi connectivity index (χ4n) is 3.63. The normalized spacial score (nSPS) is 17.9. The molecule has 172 valence electrons. The quantitative estimate of drug-likeness (QED) is 0.314. The van der Waals surface area contributed by atoms with E-state index in [9.17, 15) is 14.4 Å². The summed E-state index contributed by atoms with van der Waals surface area (Å²) in [5.74, 6) is -0.743. The van der Waals surface area contributed by atoms with Crippen molar-refractivity contribution in [2.24, 2.45) is 11.8 Å². The molecule has 0 aromatic heterocycles. The van der Waals surface area contributed by atoms with Crippen LogP contribution in [0.1, 0.15) is 63.9 Å². The minimum atomic E-state index is -0.605. The van der Waals surface area contributed by atoms with Crippen LogP contribution in [-0.2, 0) is 20.7 Å². The fourth-order valence-corrected chi connectivity index (χ4v) is 3.95. The van der Waals surface area contributed by atoms with Gasteiger partial charge in [-0.1, -0.05) is 34.1 Å². The summed E-state index contributed by atoms with van der Waals surface area (Å²) < 4.78 is 11.2. The van der Waals surface area contributed by atoms with Gasteiger partial charge in [0.05, 0.1) is 11.2 Å². The van der Waals surface area contributed by atoms with Gasteiger partial charge in [-0.25, -0.2) is 4.79 Å². The number of Topliss-reactive ketones (excluding diaryl/α,β-unsaturated/α-hetero) is 1. The van der Waals surface area contributed by atoms with Crippen molar-refractivity contribution in [2.75, 3.05) is 18.4 Å². The monoisotopic (exact) mass is 495 g/mol. The number of nitrogens with zero attached hydrogens (tertiary/aromatic N) is 1. The number of hydrogen-bond acceptors (Lipinski definition) is 5. The second-order valence-corrected chi connectivity index (χ2v) is 10.6. The number of benzene rings is 1. The van der Waals surface area contributed by atoms with E-state index in [0.717, 1.165) is 5.56 Å². The highest BCUT2D eigenvalue weighted by Gasteiger charge is 2.39. The summed E-state index contributed by atoms with van der Waals surface area (Å²) in [5, 5.41) is 0.249. The molecular formula is C24H34BrNO5. The molecule has 0 spiro atoms. The zero-order valence-corrected chi connectivity index (χ0v) is 21.0. The van der Waals surface area contributed by atoms with E-state index in [1.807, 2.05) is 59.7 Å². The third kappa shape index (κ3) is 7.95. The van der Waals surface area contributed by atoms with Gasteiger partial charge in [0.25, 0.3) is 0 Å². The lowest BCUT2D eigenvalue weighted by molar-refractivity contribution is -0.161. The molecule has 0 N–H and O–H groups in total. The first kappa shape index (κ1) is 25.4. The van der Waals surface area contributed by atoms with Crippen LogP contribution in [-0.4, -0.2) is 52.4 Å². The Labute approximate surface area is 193 Å². The minimum Gasteiger partial charge on any atom is -0.460 e. The van der Waals surface area contributed by atoms with E-state index < -0.39 is 17.1 Å². The number of amides is 1. The van der Waals surface area contributed by atoms with Crippen molar-refractivity contribution >= 4 is 33.8 Å². The van der Waals surface area contributed by atoms with E-state index in [0.29, 0.717) is 31.5 Å². The molecule has 1 aromatic carbocycles. The first-order valence-corrected chi connectivity index (χ1v) is 11.8. The molecule has 1 amide bonds. The second kappa shape index (κ2) is 10.2. The molecule has 0 aliphatic carbocycles. The van der Waals surface area contributed by atoms with Crippen molar-refractivity contribution in [1.29, 1.82) is 0 Å². The van der Waals surface area contributed by atoms with Crippen LogP contribution in [0, 0.1) is 11.8 Å². The molecule has 7 heteroatoms. The largest absolute Gasteiger partial charge is 0.460 e. The smallest absolute Gasteiger partial charge is 0.410 e. The van der Waals surface area contributed by atoms with Gasteiger partial charge in [-0.05, 0) is 71.9 Å². The maximum Gasteiger partial charge on any atom is 0.410 e. The predicted octanol–water partition coefficient (Wildman–Crippen LogP) is 5.02. The van der Waals surface area contributed by atoms with Crippen LogP contribution in [0.2, 0.25) is 0 Å². The van der Waals surface area contributed by atoms with Crippen molar-refractivity contribution in [3.8, 4) is 0 Å². The first-order valence-electron chi connectivity index (χ1n) is 10.7. The summed E-state index contributed by atoms with van der Waals surface area (Å²) >= 11 is 3.20. The lowest BCUT2D eigenvalue weighted by Crippen LogP contribution is -2.38. The van der Waals surface area contributed by atoms with Gasteiger partial charge in [0.1, 0.15) is 11.2 Å². The Hall–Kier alpha value is -1.89. The Morgan fingerprint density at radius 3 is 2.32 bits per heavy atom. The van der Waals surface area contributed by atoms with Gasteiger partial charge in [0, 0.05) is 18.7 Å². The highest BCUT2D eigenvalue weighted by molar-refractivity contribution is 9.09. The fraction of sp³-hybridized carbons (Fsp3) is 0.625. The standard InChI is InChI=1S/C24H34BrNO5/c1-23(2,3)30-21(28)19(13-16-8-7-9-17(12-16)20(27)14-25)18-10-11-26(15-18)22(29)31-24(4,5)6/h7-9,12,18-19H,10-11,13-15H2,1-6H3/t18-,19-/m0/s1. The molecule has 1 aliphatic heterocycles. The number of halogens is 1. The lowest BCUT2D eigenvalue weighted by atomic mass is 9.85. The average molecular weight is 496 g/mol. The van der Waals surface area contributed by atoms with E-state index in [1.165, 1.54) is 0 Å². The van der Waals surface area contributed by atoms with Crippen molar-refractivity contribution < 1.29 is 23.9 Å². The molecular weight excluding hydrogens is 462 g/mol. The van der Waals surface area contributed by atoms with Crippen LogP contribution in [0.25, 0.3) is 0 Å². The lowest BCUT2D eigenvalue weighted by Gasteiger charge is -2.28. The van der Waals surface area contributed by atoms with E-state index >= 15 is 0 Å². The highest BCUT2D eigenvalue weighted by atomic mass is 79.9. The summed E-state index contributed by atoms with van der Waals surface area (Å²) in [6, 6.07) is 7.36. The van der Waals surface area contributed by atoms with Crippen LogP contribution < -0.4 is 0 Å². The van der Waals surface area contributed by atoms with Gasteiger partial charge in [-0.15, -0.1) is 0 Å². The Morgan fingerprint density at radius 2 is 1.74 bits per heavy atom. The molecule has 1 saturated heterocycles. The summed E-state index contributed by atoms with van der Waals surface area (Å²) in [6.45, 7) is 12.0. The molecule has 1 aliphatic rings. The number of ether oxygens (including phenoxy) is 2. The van der Waals surface area contributed by atoms with Gasteiger partial charge in [-0.2, -0.15) is 0 Å². The zero-order chi connectivity index (χ0) is 23.4. The van der Waals surface area contributed by atoms with Crippen LogP contribution >= 0.6 is 15.9 Å². The third-order valence-corrected chi connectivity index (χ3v) is 5.49. The topological polar surface area (TPSA) is 72.9 Å². The van der Waals surface area contributed by atoms with Gasteiger partial charge >= 0.3 is 12.1 Å². The number of likely N-dealkylation sites (tertiary alicyclic amines) is 1. The maximum atomic E-state index is 13.1. The van der Waals surface area contributed by atoms with E-state index in [2.05, 4.69) is 15.9 Å². The Balaban J connectivity index is 2.21.